The van der Waals surface area contributed by atoms with Crippen molar-refractivity contribution in [1.29, 1.82) is 0 Å². The highest BCUT2D eigenvalue weighted by Gasteiger charge is 2.18. The Kier molecular flexibility index (Phi) is 7.53. The first-order valence-electron chi connectivity index (χ1n) is 12.4. The molecule has 0 aliphatic rings. The largest absolute Gasteiger partial charge is 0.481 e. The number of benzene rings is 3. The number of carbonyl (C=O) groups is 2. The zero-order valence-electron chi connectivity index (χ0n) is 21.3. The van der Waals surface area contributed by atoms with Crippen LogP contribution in [0.25, 0.3) is 22.0 Å². The number of nitrogens with zero attached hydrogens (tertiary/aromatic N) is 2. The Bertz CT molecular complexity index is 1380. The highest BCUT2D eigenvalue weighted by Crippen LogP contribution is 2.32. The Hall–Kier alpha value is -3.93. The SMILES string of the molecule is CCC[C@H](c1ccc(-c2c(C)cc(C)cc2C)cc1)n1ncc2cc(C(=O)NCCC(=O)O)ccc21. The van der Waals surface area contributed by atoms with Gasteiger partial charge in [0.1, 0.15) is 0 Å². The van der Waals surface area contributed by atoms with Gasteiger partial charge in [-0.1, -0.05) is 55.3 Å². The molecule has 6 nitrogen and oxygen atoms in total. The van der Waals surface area contributed by atoms with Gasteiger partial charge >= 0.3 is 5.97 Å². The lowest BCUT2D eigenvalue weighted by Gasteiger charge is -2.20. The predicted octanol–water partition coefficient (Wildman–Crippen LogP) is 6.22. The fourth-order valence-electron chi connectivity index (χ4n) is 5.04. The molecule has 0 bridgehead atoms. The van der Waals surface area contributed by atoms with Crippen LogP contribution in [0, 0.1) is 20.8 Å². The van der Waals surface area contributed by atoms with E-state index in [4.69, 9.17) is 10.2 Å². The van der Waals surface area contributed by atoms with Gasteiger partial charge in [-0.05, 0) is 73.2 Å². The van der Waals surface area contributed by atoms with E-state index in [-0.39, 0.29) is 24.9 Å². The normalized spacial score (nSPS) is 12.0. The number of aryl methyl sites for hydroxylation is 3. The molecule has 0 saturated heterocycles. The Morgan fingerprint density at radius 1 is 1.00 bits per heavy atom. The molecule has 0 saturated carbocycles. The highest BCUT2D eigenvalue weighted by molar-refractivity contribution is 5.98. The molecule has 3 aromatic carbocycles. The molecule has 1 aromatic heterocycles. The van der Waals surface area contributed by atoms with Crippen LogP contribution >= 0.6 is 0 Å². The van der Waals surface area contributed by atoms with Crippen LogP contribution in [0.3, 0.4) is 0 Å². The van der Waals surface area contributed by atoms with Crippen molar-refractivity contribution in [3.8, 4) is 11.1 Å². The molecule has 1 amide bonds. The van der Waals surface area contributed by atoms with Crippen LogP contribution in [-0.4, -0.2) is 33.3 Å². The number of hydrogen-bond donors (Lipinski definition) is 2. The van der Waals surface area contributed by atoms with Crippen molar-refractivity contribution in [2.75, 3.05) is 6.54 Å². The summed E-state index contributed by atoms with van der Waals surface area (Å²) >= 11 is 0. The number of hydrogen-bond acceptors (Lipinski definition) is 3. The number of rotatable bonds is 9. The second-order valence-corrected chi connectivity index (χ2v) is 9.46. The quantitative estimate of drug-likeness (QED) is 0.296. The lowest BCUT2D eigenvalue weighted by Crippen LogP contribution is -2.25. The molecule has 0 aliphatic carbocycles. The Morgan fingerprint density at radius 2 is 1.69 bits per heavy atom. The first-order chi connectivity index (χ1) is 17.3. The standard InChI is InChI=1S/C30H33N3O3/c1-5-6-26(22-7-9-23(10-8-22)29-20(3)15-19(2)16-21(29)4)33-27-12-11-24(17-25(27)18-32-33)30(36)31-14-13-28(34)35/h7-12,15-18,26H,5-6,13-14H2,1-4H3,(H,31,36)(H,34,35)/t26-/m1/s1. The third-order valence-electron chi connectivity index (χ3n) is 6.60. The smallest absolute Gasteiger partial charge is 0.305 e. The van der Waals surface area contributed by atoms with Crippen LogP contribution in [-0.2, 0) is 4.79 Å². The van der Waals surface area contributed by atoms with Gasteiger partial charge in [0.15, 0.2) is 0 Å². The third kappa shape index (κ3) is 5.33. The number of nitrogens with one attached hydrogen (secondary N) is 1. The summed E-state index contributed by atoms with van der Waals surface area (Å²) in [5, 5.41) is 17.0. The lowest BCUT2D eigenvalue weighted by molar-refractivity contribution is -0.136. The van der Waals surface area contributed by atoms with Crippen molar-refractivity contribution in [3.05, 3.63) is 88.6 Å². The maximum atomic E-state index is 12.4. The summed E-state index contributed by atoms with van der Waals surface area (Å²) in [6, 6.07) is 18.8. The summed E-state index contributed by atoms with van der Waals surface area (Å²) in [6.07, 6.45) is 3.63. The van der Waals surface area contributed by atoms with Gasteiger partial charge in [-0.25, -0.2) is 0 Å². The van der Waals surface area contributed by atoms with E-state index in [1.807, 2.05) is 16.8 Å². The van der Waals surface area contributed by atoms with Gasteiger partial charge in [0.25, 0.3) is 5.91 Å². The number of carboxylic acids is 1. The summed E-state index contributed by atoms with van der Waals surface area (Å²) in [7, 11) is 0. The van der Waals surface area contributed by atoms with E-state index in [1.165, 1.54) is 33.4 Å². The predicted molar refractivity (Wildman–Crippen MR) is 143 cm³/mol. The second kappa shape index (κ2) is 10.8. The molecule has 0 aliphatic heterocycles. The van der Waals surface area contributed by atoms with Crippen molar-refractivity contribution >= 4 is 22.8 Å². The van der Waals surface area contributed by atoms with E-state index in [0.29, 0.717) is 5.56 Å². The zero-order valence-corrected chi connectivity index (χ0v) is 21.3. The van der Waals surface area contributed by atoms with Crippen molar-refractivity contribution in [2.24, 2.45) is 0 Å². The molecule has 1 heterocycles. The maximum Gasteiger partial charge on any atom is 0.305 e. The molecule has 0 radical (unpaired) electrons. The van der Waals surface area contributed by atoms with E-state index in [0.717, 1.165) is 23.7 Å². The number of carbonyl (C=O) groups excluding carboxylic acids is 1. The minimum Gasteiger partial charge on any atom is -0.481 e. The second-order valence-electron chi connectivity index (χ2n) is 9.46. The van der Waals surface area contributed by atoms with Crippen LogP contribution in [0.15, 0.2) is 60.8 Å². The van der Waals surface area contributed by atoms with Gasteiger partial charge < -0.3 is 10.4 Å². The van der Waals surface area contributed by atoms with Crippen LogP contribution in [0.4, 0.5) is 0 Å². The van der Waals surface area contributed by atoms with Crippen LogP contribution in [0.1, 0.15) is 64.8 Å². The number of aliphatic carboxylic acids is 1. The first-order valence-corrected chi connectivity index (χ1v) is 12.4. The molecule has 36 heavy (non-hydrogen) atoms. The Labute approximate surface area is 212 Å². The first kappa shape index (κ1) is 25.2. The summed E-state index contributed by atoms with van der Waals surface area (Å²) in [5.74, 6) is -1.22. The Balaban J connectivity index is 1.62. The lowest BCUT2D eigenvalue weighted by atomic mass is 9.92. The van der Waals surface area contributed by atoms with E-state index < -0.39 is 5.97 Å². The van der Waals surface area contributed by atoms with Crippen molar-refractivity contribution in [3.63, 3.8) is 0 Å². The van der Waals surface area contributed by atoms with E-state index in [9.17, 15) is 9.59 Å². The van der Waals surface area contributed by atoms with Gasteiger partial charge in [-0.2, -0.15) is 5.10 Å². The number of carboxylic acid groups (broad SMARTS) is 1. The van der Waals surface area contributed by atoms with Crippen LogP contribution in [0.5, 0.6) is 0 Å². The molecule has 1 atom stereocenters. The van der Waals surface area contributed by atoms with Gasteiger partial charge in [0.2, 0.25) is 0 Å². The molecule has 0 fully saturated rings. The summed E-state index contributed by atoms with van der Waals surface area (Å²) < 4.78 is 2.04. The van der Waals surface area contributed by atoms with Gasteiger partial charge in [0.05, 0.1) is 24.2 Å². The molecule has 0 spiro atoms. The molecule has 4 rings (SSSR count). The maximum absolute atomic E-state index is 12.4. The molecule has 6 heteroatoms. The Morgan fingerprint density at radius 3 is 2.33 bits per heavy atom. The minimum absolute atomic E-state index is 0.0806. The highest BCUT2D eigenvalue weighted by atomic mass is 16.4. The molecular formula is C30H33N3O3. The van der Waals surface area contributed by atoms with Crippen LogP contribution < -0.4 is 5.32 Å². The number of aromatic nitrogens is 2. The van der Waals surface area contributed by atoms with E-state index in [1.54, 1.807) is 12.3 Å². The summed E-state index contributed by atoms with van der Waals surface area (Å²) in [6.45, 7) is 8.73. The summed E-state index contributed by atoms with van der Waals surface area (Å²) in [5.41, 5.74) is 9.00. The summed E-state index contributed by atoms with van der Waals surface area (Å²) in [4.78, 5) is 23.1. The van der Waals surface area contributed by atoms with Gasteiger partial charge in [0, 0.05) is 17.5 Å². The van der Waals surface area contributed by atoms with Crippen molar-refractivity contribution in [1.82, 2.24) is 15.1 Å². The van der Waals surface area contributed by atoms with Crippen LogP contribution in [0.2, 0.25) is 0 Å². The third-order valence-corrected chi connectivity index (χ3v) is 6.60. The monoisotopic (exact) mass is 483 g/mol. The molecule has 4 aromatic rings. The number of fused-ring (bicyclic) bond motifs is 1. The van der Waals surface area contributed by atoms with Crippen molar-refractivity contribution in [2.45, 2.75) is 53.0 Å². The topological polar surface area (TPSA) is 84.2 Å². The average Bonchev–Trinajstić information content (AvgIpc) is 3.25. The minimum atomic E-state index is -0.939. The fraction of sp³-hybridized carbons (Fsp3) is 0.300. The van der Waals surface area contributed by atoms with Gasteiger partial charge in [-0.15, -0.1) is 0 Å². The molecule has 0 unspecified atom stereocenters. The number of amides is 1. The average molecular weight is 484 g/mol. The molecular weight excluding hydrogens is 450 g/mol. The fourth-order valence-corrected chi connectivity index (χ4v) is 5.04. The van der Waals surface area contributed by atoms with Gasteiger partial charge in [-0.3, -0.25) is 14.3 Å². The zero-order chi connectivity index (χ0) is 25.8. The van der Waals surface area contributed by atoms with Crippen molar-refractivity contribution < 1.29 is 14.7 Å². The van der Waals surface area contributed by atoms with E-state index in [2.05, 4.69) is 69.4 Å². The molecule has 186 valence electrons. The van der Waals surface area contributed by atoms with E-state index >= 15 is 0 Å². The molecule has 2 N–H and O–H groups in total.